The number of aliphatic imine (C=N–C) groups is 1. The molecular weight excluding hydrogens is 265 g/mol. The number of hydrogen-bond donors (Lipinski definition) is 2. The molecule has 0 heterocycles. The van der Waals surface area contributed by atoms with E-state index in [1.54, 1.807) is 7.05 Å². The van der Waals surface area contributed by atoms with E-state index in [0.717, 1.165) is 31.9 Å². The summed E-state index contributed by atoms with van der Waals surface area (Å²) in [6.07, 6.45) is 2.26. The average Bonchev–Trinajstić information content (AvgIpc) is 2.05. The zero-order valence-corrected chi connectivity index (χ0v) is 10.5. The predicted octanol–water partition coefficient (Wildman–Crippen LogP) is 1.59. The van der Waals surface area contributed by atoms with Gasteiger partial charge in [0.15, 0.2) is 5.96 Å². The molecule has 0 spiro atoms. The molecule has 0 amide bonds. The fraction of sp³-hybridized carbons (Fsp3) is 0.875. The number of hydrogen-bond acceptors (Lipinski definition) is 1. The van der Waals surface area contributed by atoms with Crippen molar-refractivity contribution in [1.29, 1.82) is 0 Å². The average molecular weight is 285 g/mol. The lowest BCUT2D eigenvalue weighted by Crippen LogP contribution is -2.37. The summed E-state index contributed by atoms with van der Waals surface area (Å²) in [5.74, 6) is 0.911. The third-order valence-corrected chi connectivity index (χ3v) is 1.31. The minimum absolute atomic E-state index is 0. The number of halogens is 1. The third kappa shape index (κ3) is 8.10. The second-order valence-corrected chi connectivity index (χ2v) is 2.43. The topological polar surface area (TPSA) is 36.4 Å². The molecule has 12 heavy (non-hydrogen) atoms. The first-order valence-corrected chi connectivity index (χ1v) is 4.29. The standard InChI is InChI=1S/C8H19N3.HI/c1-4-6-10-8(9-3)11-7-5-2;/h4-7H2,1-3H3,(H2,9,10,11);1H. The lowest BCUT2D eigenvalue weighted by molar-refractivity contribution is 0.765. The highest BCUT2D eigenvalue weighted by molar-refractivity contribution is 14.0. The summed E-state index contributed by atoms with van der Waals surface area (Å²) in [5.41, 5.74) is 0. The molecule has 0 atom stereocenters. The molecule has 2 N–H and O–H groups in total. The maximum atomic E-state index is 4.06. The van der Waals surface area contributed by atoms with Crippen molar-refractivity contribution in [1.82, 2.24) is 10.6 Å². The summed E-state index contributed by atoms with van der Waals surface area (Å²) in [4.78, 5) is 4.06. The first-order chi connectivity index (χ1) is 5.35. The van der Waals surface area contributed by atoms with Gasteiger partial charge in [-0.3, -0.25) is 4.99 Å². The van der Waals surface area contributed by atoms with Crippen molar-refractivity contribution >= 4 is 29.9 Å². The van der Waals surface area contributed by atoms with Crippen molar-refractivity contribution in [3.63, 3.8) is 0 Å². The Bertz CT molecular complexity index is 105. The monoisotopic (exact) mass is 285 g/mol. The van der Waals surface area contributed by atoms with E-state index in [0.29, 0.717) is 0 Å². The summed E-state index contributed by atoms with van der Waals surface area (Å²) in [7, 11) is 1.79. The maximum Gasteiger partial charge on any atom is 0.190 e. The van der Waals surface area contributed by atoms with E-state index in [-0.39, 0.29) is 24.0 Å². The summed E-state index contributed by atoms with van der Waals surface area (Å²) < 4.78 is 0. The molecule has 0 rings (SSSR count). The molecule has 0 aliphatic heterocycles. The Morgan fingerprint density at radius 1 is 1.08 bits per heavy atom. The molecule has 0 bridgehead atoms. The molecule has 3 nitrogen and oxygen atoms in total. The van der Waals surface area contributed by atoms with Gasteiger partial charge in [-0.1, -0.05) is 13.8 Å². The van der Waals surface area contributed by atoms with Crippen molar-refractivity contribution in [3.8, 4) is 0 Å². The molecule has 0 aromatic rings. The van der Waals surface area contributed by atoms with Crippen LogP contribution < -0.4 is 10.6 Å². The van der Waals surface area contributed by atoms with Gasteiger partial charge in [-0.2, -0.15) is 0 Å². The molecule has 0 unspecified atom stereocenters. The molecule has 0 saturated heterocycles. The van der Waals surface area contributed by atoms with E-state index >= 15 is 0 Å². The Balaban J connectivity index is 0. The fourth-order valence-corrected chi connectivity index (χ4v) is 0.707. The largest absolute Gasteiger partial charge is 0.356 e. The normalized spacial score (nSPS) is 8.25. The van der Waals surface area contributed by atoms with Crippen molar-refractivity contribution in [2.24, 2.45) is 4.99 Å². The lowest BCUT2D eigenvalue weighted by atomic mass is 10.5. The van der Waals surface area contributed by atoms with Crippen molar-refractivity contribution in [2.75, 3.05) is 20.1 Å². The van der Waals surface area contributed by atoms with E-state index < -0.39 is 0 Å². The minimum Gasteiger partial charge on any atom is -0.356 e. The Kier molecular flexibility index (Phi) is 13.3. The van der Waals surface area contributed by atoms with Gasteiger partial charge in [0.1, 0.15) is 0 Å². The SMILES string of the molecule is CCCNC(=NC)NCCC.I. The molecule has 4 heteroatoms. The van der Waals surface area contributed by atoms with Gasteiger partial charge in [-0.15, -0.1) is 24.0 Å². The first kappa shape index (κ1) is 14.5. The molecule has 0 aliphatic rings. The molecule has 0 aromatic heterocycles. The van der Waals surface area contributed by atoms with E-state index in [9.17, 15) is 0 Å². The van der Waals surface area contributed by atoms with E-state index in [1.165, 1.54) is 0 Å². The number of rotatable bonds is 4. The predicted molar refractivity (Wildman–Crippen MR) is 65.4 cm³/mol. The second-order valence-electron chi connectivity index (χ2n) is 2.43. The van der Waals surface area contributed by atoms with Crippen LogP contribution in [0.2, 0.25) is 0 Å². The summed E-state index contributed by atoms with van der Waals surface area (Å²) in [6.45, 7) is 6.26. The summed E-state index contributed by atoms with van der Waals surface area (Å²) in [5, 5.41) is 6.39. The molecular formula is C8H20IN3. The Morgan fingerprint density at radius 2 is 1.50 bits per heavy atom. The molecule has 0 fully saturated rings. The molecule has 74 valence electrons. The molecule has 0 aliphatic carbocycles. The highest BCUT2D eigenvalue weighted by Gasteiger charge is 1.91. The van der Waals surface area contributed by atoms with Gasteiger partial charge < -0.3 is 10.6 Å². The third-order valence-electron chi connectivity index (χ3n) is 1.31. The number of nitrogens with zero attached hydrogens (tertiary/aromatic N) is 1. The van der Waals surface area contributed by atoms with Gasteiger partial charge in [0.05, 0.1) is 0 Å². The van der Waals surface area contributed by atoms with Crippen LogP contribution in [0.15, 0.2) is 4.99 Å². The molecule has 0 radical (unpaired) electrons. The maximum absolute atomic E-state index is 4.06. The summed E-state index contributed by atoms with van der Waals surface area (Å²) in [6, 6.07) is 0. The molecule has 0 aromatic carbocycles. The van der Waals surface area contributed by atoms with E-state index in [1.807, 2.05) is 0 Å². The smallest absolute Gasteiger partial charge is 0.190 e. The van der Waals surface area contributed by atoms with E-state index in [4.69, 9.17) is 0 Å². The Morgan fingerprint density at radius 3 is 1.75 bits per heavy atom. The van der Waals surface area contributed by atoms with Crippen LogP contribution in [0.5, 0.6) is 0 Å². The van der Waals surface area contributed by atoms with Crippen LogP contribution in [-0.4, -0.2) is 26.1 Å². The van der Waals surface area contributed by atoms with Crippen molar-refractivity contribution < 1.29 is 0 Å². The van der Waals surface area contributed by atoms with Crippen LogP contribution in [0.25, 0.3) is 0 Å². The Hall–Kier alpha value is 0. The van der Waals surface area contributed by atoms with Gasteiger partial charge in [-0.25, -0.2) is 0 Å². The van der Waals surface area contributed by atoms with Crippen molar-refractivity contribution in [2.45, 2.75) is 26.7 Å². The molecule has 0 saturated carbocycles. The van der Waals surface area contributed by atoms with Crippen LogP contribution in [0.3, 0.4) is 0 Å². The highest BCUT2D eigenvalue weighted by atomic mass is 127. The van der Waals surface area contributed by atoms with Crippen LogP contribution >= 0.6 is 24.0 Å². The number of nitrogens with one attached hydrogen (secondary N) is 2. The fourth-order valence-electron chi connectivity index (χ4n) is 0.707. The first-order valence-electron chi connectivity index (χ1n) is 4.29. The van der Waals surface area contributed by atoms with Crippen LogP contribution in [0.4, 0.5) is 0 Å². The summed E-state index contributed by atoms with van der Waals surface area (Å²) >= 11 is 0. The van der Waals surface area contributed by atoms with Crippen LogP contribution in [-0.2, 0) is 0 Å². The van der Waals surface area contributed by atoms with Gasteiger partial charge in [0, 0.05) is 20.1 Å². The van der Waals surface area contributed by atoms with Crippen LogP contribution in [0.1, 0.15) is 26.7 Å². The van der Waals surface area contributed by atoms with Gasteiger partial charge in [-0.05, 0) is 12.8 Å². The zero-order chi connectivity index (χ0) is 8.53. The Labute approximate surface area is 92.4 Å². The lowest BCUT2D eigenvalue weighted by Gasteiger charge is -2.09. The number of guanidine groups is 1. The van der Waals surface area contributed by atoms with E-state index in [2.05, 4.69) is 29.5 Å². The van der Waals surface area contributed by atoms with Gasteiger partial charge in [0.2, 0.25) is 0 Å². The van der Waals surface area contributed by atoms with Crippen LogP contribution in [0, 0.1) is 0 Å². The van der Waals surface area contributed by atoms with Gasteiger partial charge in [0.25, 0.3) is 0 Å². The van der Waals surface area contributed by atoms with Gasteiger partial charge >= 0.3 is 0 Å². The van der Waals surface area contributed by atoms with Crippen molar-refractivity contribution in [3.05, 3.63) is 0 Å². The minimum atomic E-state index is 0. The zero-order valence-electron chi connectivity index (χ0n) is 8.18. The second kappa shape index (κ2) is 11.0. The quantitative estimate of drug-likeness (QED) is 0.467. The highest BCUT2D eigenvalue weighted by Crippen LogP contribution is 1.74.